The van der Waals surface area contributed by atoms with Crippen molar-refractivity contribution in [1.29, 1.82) is 0 Å². The zero-order chi connectivity index (χ0) is 26.3. The van der Waals surface area contributed by atoms with Gasteiger partial charge >= 0.3 is 6.18 Å². The fourth-order valence-electron chi connectivity index (χ4n) is 5.08. The minimum atomic E-state index is -4.81. The lowest BCUT2D eigenvalue weighted by atomic mass is 10.0. The third-order valence-electron chi connectivity index (χ3n) is 7.31. The van der Waals surface area contributed by atoms with Crippen molar-refractivity contribution in [2.24, 2.45) is 5.92 Å². The van der Waals surface area contributed by atoms with Gasteiger partial charge in [-0.15, -0.1) is 0 Å². The van der Waals surface area contributed by atoms with E-state index in [-0.39, 0.29) is 23.0 Å². The van der Waals surface area contributed by atoms with Gasteiger partial charge in [-0.25, -0.2) is 14.4 Å². The van der Waals surface area contributed by atoms with Crippen molar-refractivity contribution >= 4 is 17.3 Å². The molecule has 5 rings (SSSR count). The summed E-state index contributed by atoms with van der Waals surface area (Å²) in [6, 6.07) is 2.59. The van der Waals surface area contributed by atoms with E-state index in [1.165, 1.54) is 12.5 Å². The Morgan fingerprint density at radius 3 is 2.57 bits per heavy atom. The largest absolute Gasteiger partial charge is 0.419 e. The maximum Gasteiger partial charge on any atom is 0.419 e. The van der Waals surface area contributed by atoms with E-state index in [2.05, 4.69) is 20.2 Å². The number of carbonyl (C=O) groups is 1. The van der Waals surface area contributed by atoms with Crippen molar-refractivity contribution in [3.63, 3.8) is 0 Å². The Bertz CT molecular complexity index is 1210. The van der Waals surface area contributed by atoms with Crippen molar-refractivity contribution in [1.82, 2.24) is 20.2 Å². The van der Waals surface area contributed by atoms with Gasteiger partial charge in [-0.3, -0.25) is 4.79 Å². The number of anilines is 1. The van der Waals surface area contributed by atoms with Crippen LogP contribution < -0.4 is 10.2 Å². The molecule has 11 heteroatoms. The van der Waals surface area contributed by atoms with Crippen LogP contribution >= 0.6 is 0 Å². The van der Waals surface area contributed by atoms with Crippen LogP contribution in [-0.4, -0.2) is 58.6 Å². The van der Waals surface area contributed by atoms with Gasteiger partial charge in [0.25, 0.3) is 5.91 Å². The summed E-state index contributed by atoms with van der Waals surface area (Å²) >= 11 is 0. The van der Waals surface area contributed by atoms with Crippen LogP contribution in [0.3, 0.4) is 0 Å². The molecule has 37 heavy (non-hydrogen) atoms. The average molecular weight is 520 g/mol. The van der Waals surface area contributed by atoms with Gasteiger partial charge in [-0.1, -0.05) is 13.0 Å². The number of piperazine rings is 1. The molecule has 3 aliphatic rings. The third kappa shape index (κ3) is 5.27. The molecule has 2 fully saturated rings. The first-order valence-corrected chi connectivity index (χ1v) is 12.5. The number of hydrogen-bond acceptors (Lipinski definition) is 6. The normalized spacial score (nSPS) is 22.3. The van der Waals surface area contributed by atoms with E-state index in [0.717, 1.165) is 36.4 Å². The number of hydrogen-bond donors (Lipinski definition) is 2. The molecule has 0 radical (unpaired) electrons. The van der Waals surface area contributed by atoms with Gasteiger partial charge in [0.05, 0.1) is 22.9 Å². The van der Waals surface area contributed by atoms with Crippen molar-refractivity contribution in [3.05, 3.63) is 58.9 Å². The number of halogens is 4. The molecule has 2 aliphatic carbocycles. The lowest BCUT2D eigenvalue weighted by Crippen LogP contribution is -2.49. The molecule has 2 aromatic rings. The number of fused-ring (bicyclic) bond motifs is 1. The number of aliphatic hydroxyl groups excluding tert-OH is 1. The standard InChI is InChI=1S/C26H29F4N5O2/c1-15-10-21(36)23-22(15)24(33-14-32-23)34-6-8-35(9-7-34)25(37)18(13-31-12-16-2-3-16)17-4-5-19(20(27)11-17)26(28,29)30/h4-5,11,13-16,21,31,36H,2-3,6-10,12H2,1H3/b18-13-/t15-,21+/m1/s1. The fraction of sp³-hybridized carbons (Fsp3) is 0.500. The van der Waals surface area contributed by atoms with E-state index in [1.807, 2.05) is 6.92 Å². The highest BCUT2D eigenvalue weighted by molar-refractivity contribution is 6.19. The minimum Gasteiger partial charge on any atom is -0.390 e. The molecule has 1 saturated carbocycles. The summed E-state index contributed by atoms with van der Waals surface area (Å²) in [4.78, 5) is 25.9. The second-order valence-corrected chi connectivity index (χ2v) is 10.0. The van der Waals surface area contributed by atoms with Crippen molar-refractivity contribution in [3.8, 4) is 0 Å². The molecular weight excluding hydrogens is 490 g/mol. The Labute approximate surface area is 212 Å². The summed E-state index contributed by atoms with van der Waals surface area (Å²) in [6.45, 7) is 4.37. The Kier molecular flexibility index (Phi) is 6.82. The number of nitrogens with zero attached hydrogens (tertiary/aromatic N) is 4. The smallest absolute Gasteiger partial charge is 0.390 e. The van der Waals surface area contributed by atoms with E-state index in [0.29, 0.717) is 56.8 Å². The van der Waals surface area contributed by atoms with Gasteiger partial charge in [0, 0.05) is 44.5 Å². The summed E-state index contributed by atoms with van der Waals surface area (Å²) in [5.41, 5.74) is 0.436. The van der Waals surface area contributed by atoms with Gasteiger partial charge in [0.1, 0.15) is 18.0 Å². The SMILES string of the molecule is C[C@@H]1C[C@H](O)c2ncnc(N3CCN(C(=O)/C(=C\NCC4CC4)c4ccc(C(F)(F)F)c(F)c4)CC3)c21. The van der Waals surface area contributed by atoms with E-state index in [9.17, 15) is 27.5 Å². The van der Waals surface area contributed by atoms with Crippen LogP contribution in [0.25, 0.3) is 5.57 Å². The molecule has 1 aromatic heterocycles. The number of aliphatic hydroxyl groups is 1. The number of carbonyl (C=O) groups excluding carboxylic acids is 1. The molecule has 1 aliphatic heterocycles. The van der Waals surface area contributed by atoms with Gasteiger partial charge in [-0.05, 0) is 48.8 Å². The Balaban J connectivity index is 1.33. The predicted octanol–water partition coefficient (Wildman–Crippen LogP) is 3.86. The molecule has 1 saturated heterocycles. The molecule has 1 aromatic carbocycles. The summed E-state index contributed by atoms with van der Waals surface area (Å²) in [5.74, 6) is -0.408. The van der Waals surface area contributed by atoms with Crippen LogP contribution in [0.5, 0.6) is 0 Å². The van der Waals surface area contributed by atoms with Crippen LogP contribution in [0.1, 0.15) is 60.6 Å². The highest BCUT2D eigenvalue weighted by Crippen LogP contribution is 2.43. The van der Waals surface area contributed by atoms with E-state index >= 15 is 0 Å². The molecule has 198 valence electrons. The van der Waals surface area contributed by atoms with Crippen molar-refractivity contribution in [2.75, 3.05) is 37.6 Å². The lowest BCUT2D eigenvalue weighted by Gasteiger charge is -2.36. The van der Waals surface area contributed by atoms with Gasteiger partial charge in [0.2, 0.25) is 0 Å². The number of nitrogens with one attached hydrogen (secondary N) is 1. The van der Waals surface area contributed by atoms with Crippen LogP contribution in [0.2, 0.25) is 0 Å². The summed E-state index contributed by atoms with van der Waals surface area (Å²) < 4.78 is 53.5. The van der Waals surface area contributed by atoms with E-state index in [1.54, 1.807) is 4.90 Å². The second kappa shape index (κ2) is 9.92. The van der Waals surface area contributed by atoms with Crippen molar-refractivity contribution in [2.45, 2.75) is 44.4 Å². The fourth-order valence-corrected chi connectivity index (χ4v) is 5.08. The maximum absolute atomic E-state index is 14.4. The van der Waals surface area contributed by atoms with E-state index in [4.69, 9.17) is 0 Å². The average Bonchev–Trinajstić information content (AvgIpc) is 3.64. The Morgan fingerprint density at radius 2 is 1.92 bits per heavy atom. The quantitative estimate of drug-likeness (QED) is 0.446. The van der Waals surface area contributed by atoms with Crippen LogP contribution in [0.4, 0.5) is 23.4 Å². The number of benzene rings is 1. The third-order valence-corrected chi connectivity index (χ3v) is 7.31. The summed E-state index contributed by atoms with van der Waals surface area (Å²) in [7, 11) is 0. The highest BCUT2D eigenvalue weighted by atomic mass is 19.4. The van der Waals surface area contributed by atoms with Gasteiger partial charge < -0.3 is 20.2 Å². The topological polar surface area (TPSA) is 81.6 Å². The molecule has 2 atom stereocenters. The van der Waals surface area contributed by atoms with Crippen LogP contribution in [-0.2, 0) is 11.0 Å². The van der Waals surface area contributed by atoms with Crippen LogP contribution in [0.15, 0.2) is 30.7 Å². The van der Waals surface area contributed by atoms with Crippen molar-refractivity contribution < 1.29 is 27.5 Å². The van der Waals surface area contributed by atoms with Gasteiger partial charge in [0.15, 0.2) is 0 Å². The molecule has 2 N–H and O–H groups in total. The summed E-state index contributed by atoms with van der Waals surface area (Å²) in [6.07, 6.45) is 0.270. The van der Waals surface area contributed by atoms with Gasteiger partial charge in [-0.2, -0.15) is 13.2 Å². The monoisotopic (exact) mass is 519 g/mol. The first-order chi connectivity index (χ1) is 17.6. The van der Waals surface area contributed by atoms with Crippen LogP contribution in [0, 0.1) is 11.7 Å². The lowest BCUT2D eigenvalue weighted by molar-refractivity contribution is -0.140. The Morgan fingerprint density at radius 1 is 1.19 bits per heavy atom. The first-order valence-electron chi connectivity index (χ1n) is 12.5. The first kappa shape index (κ1) is 25.4. The van der Waals surface area contributed by atoms with E-state index < -0.39 is 23.7 Å². The number of rotatable bonds is 6. The predicted molar refractivity (Wildman–Crippen MR) is 129 cm³/mol. The molecular formula is C26H29F4N5O2. The molecule has 0 spiro atoms. The molecule has 7 nitrogen and oxygen atoms in total. The Hall–Kier alpha value is -3.21. The highest BCUT2D eigenvalue weighted by Gasteiger charge is 2.36. The molecule has 0 bridgehead atoms. The number of amides is 1. The number of alkyl halides is 3. The zero-order valence-electron chi connectivity index (χ0n) is 20.4. The molecule has 0 unspecified atom stereocenters. The molecule has 1 amide bonds. The number of aromatic nitrogens is 2. The minimum absolute atomic E-state index is 0.0951. The zero-order valence-corrected chi connectivity index (χ0v) is 20.4. The summed E-state index contributed by atoms with van der Waals surface area (Å²) in [5, 5.41) is 13.4. The maximum atomic E-state index is 14.4. The molecule has 2 heterocycles. The second-order valence-electron chi connectivity index (χ2n) is 10.0.